The molecule has 0 fully saturated rings. The molecule has 0 saturated heterocycles. The fourth-order valence-corrected chi connectivity index (χ4v) is 1.32. The Balaban J connectivity index is 3.31. The van der Waals surface area contributed by atoms with Crippen LogP contribution in [0.1, 0.15) is 5.56 Å². The summed E-state index contributed by atoms with van der Waals surface area (Å²) >= 11 is 5.79. The molecule has 13 heavy (non-hydrogen) atoms. The fraction of sp³-hybridized carbons (Fsp3) is 0.250. The first-order chi connectivity index (χ1) is 6.07. The summed E-state index contributed by atoms with van der Waals surface area (Å²) in [6.45, 7) is 1.74. The van der Waals surface area contributed by atoms with Crippen molar-refractivity contribution in [1.29, 1.82) is 0 Å². The second-order valence-corrected chi connectivity index (χ2v) is 2.96. The van der Waals surface area contributed by atoms with E-state index in [1.807, 2.05) is 0 Å². The Morgan fingerprint density at radius 1 is 1.54 bits per heavy atom. The normalized spacial score (nSPS) is 9.77. The van der Waals surface area contributed by atoms with Gasteiger partial charge in [-0.25, -0.2) is 0 Å². The summed E-state index contributed by atoms with van der Waals surface area (Å²) in [5.41, 5.74) is 1.44. The first-order valence-corrected chi connectivity index (χ1v) is 4.07. The van der Waals surface area contributed by atoms with Gasteiger partial charge in [-0.2, -0.15) is 0 Å². The largest absolute Gasteiger partial charge is 0.388 e. The first-order valence-electron chi connectivity index (χ1n) is 3.69. The van der Waals surface area contributed by atoms with Crippen LogP contribution < -0.4 is 5.32 Å². The third kappa shape index (κ3) is 1.72. The Labute approximate surface area is 80.7 Å². The van der Waals surface area contributed by atoms with Gasteiger partial charge in [0.2, 0.25) is 0 Å². The van der Waals surface area contributed by atoms with Gasteiger partial charge in [0.15, 0.2) is 0 Å². The van der Waals surface area contributed by atoms with E-state index in [9.17, 15) is 10.1 Å². The number of nitrogens with zero attached hydrogens (tertiary/aromatic N) is 1. The molecule has 0 aliphatic heterocycles. The lowest BCUT2D eigenvalue weighted by atomic mass is 10.2. The molecule has 4 nitrogen and oxygen atoms in total. The van der Waals surface area contributed by atoms with Gasteiger partial charge in [-0.3, -0.25) is 10.1 Å². The van der Waals surface area contributed by atoms with Crippen LogP contribution in [0.5, 0.6) is 0 Å². The maximum absolute atomic E-state index is 10.5. The molecule has 0 aliphatic carbocycles. The highest BCUT2D eigenvalue weighted by molar-refractivity contribution is 6.33. The SMILES string of the molecule is CNc1ccc([N+](=O)[O-])c(Cl)c1C. The monoisotopic (exact) mass is 200 g/mol. The molecule has 0 heterocycles. The zero-order chi connectivity index (χ0) is 10.0. The number of hydrogen-bond acceptors (Lipinski definition) is 3. The lowest BCUT2D eigenvalue weighted by Gasteiger charge is -2.06. The van der Waals surface area contributed by atoms with E-state index in [0.717, 1.165) is 5.69 Å². The summed E-state index contributed by atoms with van der Waals surface area (Å²) < 4.78 is 0. The minimum absolute atomic E-state index is 0.0573. The number of rotatable bonds is 2. The van der Waals surface area contributed by atoms with Crippen LogP contribution in [-0.4, -0.2) is 12.0 Å². The van der Waals surface area contributed by atoms with Gasteiger partial charge in [0.05, 0.1) is 4.92 Å². The lowest BCUT2D eigenvalue weighted by Crippen LogP contribution is -1.96. The predicted octanol–water partition coefficient (Wildman–Crippen LogP) is 2.60. The molecular weight excluding hydrogens is 192 g/mol. The lowest BCUT2D eigenvalue weighted by molar-refractivity contribution is -0.384. The molecule has 0 saturated carbocycles. The van der Waals surface area contributed by atoms with E-state index in [0.29, 0.717) is 5.56 Å². The Bertz CT molecular complexity index is 352. The molecule has 0 amide bonds. The molecule has 0 spiro atoms. The Morgan fingerprint density at radius 3 is 2.62 bits per heavy atom. The highest BCUT2D eigenvalue weighted by Gasteiger charge is 2.15. The summed E-state index contributed by atoms with van der Waals surface area (Å²) in [5.74, 6) is 0. The molecule has 0 radical (unpaired) electrons. The standard InChI is InChI=1S/C8H9ClN2O2/c1-5-6(10-2)3-4-7(8(5)9)11(12)13/h3-4,10H,1-2H3. The van der Waals surface area contributed by atoms with Crippen molar-refractivity contribution in [2.75, 3.05) is 12.4 Å². The maximum Gasteiger partial charge on any atom is 0.288 e. The highest BCUT2D eigenvalue weighted by Crippen LogP contribution is 2.31. The zero-order valence-electron chi connectivity index (χ0n) is 7.30. The number of anilines is 1. The van der Waals surface area contributed by atoms with Crippen molar-refractivity contribution >= 4 is 23.0 Å². The van der Waals surface area contributed by atoms with Crippen LogP contribution in [0, 0.1) is 17.0 Å². The molecule has 1 aromatic rings. The minimum atomic E-state index is -0.491. The Kier molecular flexibility index (Phi) is 2.72. The van der Waals surface area contributed by atoms with Crippen LogP contribution in [0.2, 0.25) is 5.02 Å². The number of nitro groups is 1. The average molecular weight is 201 g/mol. The van der Waals surface area contributed by atoms with Gasteiger partial charge < -0.3 is 5.32 Å². The molecule has 1 N–H and O–H groups in total. The van der Waals surface area contributed by atoms with Crippen molar-refractivity contribution in [3.8, 4) is 0 Å². The second kappa shape index (κ2) is 3.62. The van der Waals surface area contributed by atoms with E-state index in [4.69, 9.17) is 11.6 Å². The van der Waals surface area contributed by atoms with Crippen LogP contribution in [0.3, 0.4) is 0 Å². The van der Waals surface area contributed by atoms with E-state index in [1.165, 1.54) is 6.07 Å². The van der Waals surface area contributed by atoms with Crippen molar-refractivity contribution < 1.29 is 4.92 Å². The fourth-order valence-electron chi connectivity index (χ4n) is 1.08. The summed E-state index contributed by atoms with van der Waals surface area (Å²) in [6, 6.07) is 3.03. The third-order valence-corrected chi connectivity index (χ3v) is 2.31. The Morgan fingerprint density at radius 2 is 2.15 bits per heavy atom. The van der Waals surface area contributed by atoms with Crippen LogP contribution in [0.25, 0.3) is 0 Å². The molecule has 70 valence electrons. The van der Waals surface area contributed by atoms with Gasteiger partial charge >= 0.3 is 0 Å². The van der Waals surface area contributed by atoms with Crippen molar-refractivity contribution in [1.82, 2.24) is 0 Å². The molecule has 0 unspecified atom stereocenters. The number of hydrogen-bond donors (Lipinski definition) is 1. The van der Waals surface area contributed by atoms with Crippen LogP contribution in [0.15, 0.2) is 12.1 Å². The van der Waals surface area contributed by atoms with Crippen molar-refractivity contribution in [2.24, 2.45) is 0 Å². The van der Waals surface area contributed by atoms with Gasteiger partial charge in [-0.15, -0.1) is 0 Å². The molecule has 1 rings (SSSR count). The van der Waals surface area contributed by atoms with Crippen molar-refractivity contribution in [3.05, 3.63) is 32.8 Å². The molecular formula is C8H9ClN2O2. The molecule has 1 aromatic carbocycles. The van der Waals surface area contributed by atoms with Gasteiger partial charge in [0, 0.05) is 18.8 Å². The third-order valence-electron chi connectivity index (χ3n) is 1.83. The van der Waals surface area contributed by atoms with Gasteiger partial charge in [0.25, 0.3) is 5.69 Å². The van der Waals surface area contributed by atoms with E-state index < -0.39 is 4.92 Å². The molecule has 0 atom stereocenters. The molecule has 0 bridgehead atoms. The van der Waals surface area contributed by atoms with Crippen LogP contribution >= 0.6 is 11.6 Å². The number of nitrogens with one attached hydrogen (secondary N) is 1. The minimum Gasteiger partial charge on any atom is -0.388 e. The summed E-state index contributed by atoms with van der Waals surface area (Å²) in [7, 11) is 1.74. The topological polar surface area (TPSA) is 55.2 Å². The Hall–Kier alpha value is -1.29. The van der Waals surface area contributed by atoms with E-state index >= 15 is 0 Å². The first kappa shape index (κ1) is 9.80. The average Bonchev–Trinajstić information content (AvgIpc) is 2.09. The number of halogens is 1. The van der Waals surface area contributed by atoms with Crippen LogP contribution in [-0.2, 0) is 0 Å². The maximum atomic E-state index is 10.5. The number of nitro benzene ring substituents is 1. The van der Waals surface area contributed by atoms with Crippen molar-refractivity contribution in [3.63, 3.8) is 0 Å². The number of benzene rings is 1. The summed E-state index contributed by atoms with van der Waals surface area (Å²) in [6.07, 6.45) is 0. The van der Waals surface area contributed by atoms with Gasteiger partial charge in [-0.05, 0) is 18.6 Å². The van der Waals surface area contributed by atoms with E-state index in [2.05, 4.69) is 5.32 Å². The smallest absolute Gasteiger partial charge is 0.288 e. The molecule has 0 aromatic heterocycles. The summed E-state index contributed by atoms with van der Waals surface area (Å²) in [5, 5.41) is 13.6. The van der Waals surface area contributed by atoms with Crippen molar-refractivity contribution in [2.45, 2.75) is 6.92 Å². The molecule has 5 heteroatoms. The highest BCUT2D eigenvalue weighted by atomic mass is 35.5. The second-order valence-electron chi connectivity index (χ2n) is 2.58. The predicted molar refractivity (Wildman–Crippen MR) is 52.4 cm³/mol. The van der Waals surface area contributed by atoms with Crippen LogP contribution in [0.4, 0.5) is 11.4 Å². The molecule has 0 aliphatic rings. The zero-order valence-corrected chi connectivity index (χ0v) is 8.05. The van der Waals surface area contributed by atoms with Gasteiger partial charge in [-0.1, -0.05) is 11.6 Å². The van der Waals surface area contributed by atoms with Gasteiger partial charge in [0.1, 0.15) is 5.02 Å². The quantitative estimate of drug-likeness (QED) is 0.590. The van der Waals surface area contributed by atoms with E-state index in [1.54, 1.807) is 20.0 Å². The summed E-state index contributed by atoms with van der Waals surface area (Å²) in [4.78, 5) is 9.98. The van der Waals surface area contributed by atoms with E-state index in [-0.39, 0.29) is 10.7 Å².